The Bertz CT molecular complexity index is 553. The maximum Gasteiger partial charge on any atom is 0.158 e. The number of thiazole rings is 1. The van der Waals surface area contributed by atoms with Crippen LogP contribution in [0.1, 0.15) is 36.1 Å². The molecule has 2 aromatic heterocycles. The maximum atomic E-state index is 9.21. The van der Waals surface area contributed by atoms with E-state index in [1.165, 1.54) is 0 Å². The second-order valence-electron chi connectivity index (χ2n) is 5.25. The van der Waals surface area contributed by atoms with Gasteiger partial charge >= 0.3 is 0 Å². The van der Waals surface area contributed by atoms with Crippen LogP contribution >= 0.6 is 11.3 Å². The van der Waals surface area contributed by atoms with Crippen LogP contribution in [-0.4, -0.2) is 42.8 Å². The molecule has 0 amide bonds. The first-order valence-corrected chi connectivity index (χ1v) is 7.80. The Morgan fingerprint density at radius 1 is 1.45 bits per heavy atom. The van der Waals surface area contributed by atoms with Crippen molar-refractivity contribution in [2.24, 2.45) is 7.05 Å². The molecule has 0 spiro atoms. The summed E-state index contributed by atoms with van der Waals surface area (Å²) >= 11 is 1.64. The van der Waals surface area contributed by atoms with E-state index in [4.69, 9.17) is 0 Å². The number of piperidine rings is 1. The first kappa shape index (κ1) is 13.7. The number of hydrogen-bond acceptors (Lipinski definition) is 6. The summed E-state index contributed by atoms with van der Waals surface area (Å²) in [4.78, 5) is 6.78. The summed E-state index contributed by atoms with van der Waals surface area (Å²) in [7, 11) is 1.93. The average Bonchev–Trinajstić information content (AvgIpc) is 3.08. The molecule has 0 radical (unpaired) electrons. The molecule has 7 heteroatoms. The van der Waals surface area contributed by atoms with Gasteiger partial charge in [0.2, 0.25) is 0 Å². The van der Waals surface area contributed by atoms with Gasteiger partial charge in [0.1, 0.15) is 12.4 Å². The van der Waals surface area contributed by atoms with Crippen LogP contribution in [0.2, 0.25) is 0 Å². The molecule has 2 aromatic rings. The number of likely N-dealkylation sites (tertiary alicyclic amines) is 1. The lowest BCUT2D eigenvalue weighted by atomic mass is 9.97. The van der Waals surface area contributed by atoms with Crippen LogP contribution in [0.25, 0.3) is 0 Å². The van der Waals surface area contributed by atoms with Gasteiger partial charge in [-0.15, -0.1) is 21.5 Å². The molecule has 1 atom stereocenters. The monoisotopic (exact) mass is 293 g/mol. The summed E-state index contributed by atoms with van der Waals surface area (Å²) < 4.78 is 1.93. The van der Waals surface area contributed by atoms with Crippen LogP contribution in [0.3, 0.4) is 0 Å². The molecule has 1 unspecified atom stereocenters. The van der Waals surface area contributed by atoms with Crippen LogP contribution in [0.5, 0.6) is 0 Å². The third-order valence-electron chi connectivity index (χ3n) is 3.88. The predicted molar refractivity (Wildman–Crippen MR) is 76.3 cm³/mol. The molecule has 1 saturated heterocycles. The number of nitrogens with zero attached hydrogens (tertiary/aromatic N) is 5. The largest absolute Gasteiger partial charge is 0.388 e. The highest BCUT2D eigenvalue weighted by molar-refractivity contribution is 7.07. The molecule has 6 nitrogen and oxygen atoms in total. The fourth-order valence-corrected chi connectivity index (χ4v) is 3.37. The Balaban J connectivity index is 1.69. The number of aliphatic hydroxyl groups is 1. The zero-order valence-corrected chi connectivity index (χ0v) is 12.4. The molecule has 0 aromatic carbocycles. The zero-order chi connectivity index (χ0) is 13.9. The Kier molecular flexibility index (Phi) is 4.09. The quantitative estimate of drug-likeness (QED) is 0.916. The number of hydrogen-bond donors (Lipinski definition) is 1. The summed E-state index contributed by atoms with van der Waals surface area (Å²) in [5.41, 5.74) is 3.03. The molecule has 108 valence electrons. The van der Waals surface area contributed by atoms with Crippen molar-refractivity contribution in [3.63, 3.8) is 0 Å². The number of aliphatic hydroxyl groups excluding tert-OH is 1. The van der Waals surface area contributed by atoms with Gasteiger partial charge in [-0.05, 0) is 19.4 Å². The summed E-state index contributed by atoms with van der Waals surface area (Å²) in [6.07, 6.45) is 2.29. The lowest BCUT2D eigenvalue weighted by Gasteiger charge is -2.31. The molecule has 20 heavy (non-hydrogen) atoms. The minimum absolute atomic E-state index is 0.0568. The van der Waals surface area contributed by atoms with Crippen molar-refractivity contribution in [2.45, 2.75) is 31.9 Å². The molecule has 1 aliphatic heterocycles. The Labute approximate surface area is 122 Å². The van der Waals surface area contributed by atoms with Crippen molar-refractivity contribution in [1.29, 1.82) is 0 Å². The van der Waals surface area contributed by atoms with E-state index in [-0.39, 0.29) is 6.61 Å². The van der Waals surface area contributed by atoms with Crippen molar-refractivity contribution >= 4 is 11.3 Å². The van der Waals surface area contributed by atoms with Crippen molar-refractivity contribution < 1.29 is 5.11 Å². The second kappa shape index (κ2) is 5.99. The van der Waals surface area contributed by atoms with Crippen molar-refractivity contribution in [1.82, 2.24) is 24.6 Å². The molecule has 1 fully saturated rings. The lowest BCUT2D eigenvalue weighted by molar-refractivity contribution is 0.193. The van der Waals surface area contributed by atoms with Gasteiger partial charge in [0.25, 0.3) is 0 Å². The predicted octanol–water partition coefficient (Wildman–Crippen LogP) is 1.14. The Hall–Kier alpha value is -1.31. The summed E-state index contributed by atoms with van der Waals surface area (Å²) in [6, 6.07) is 0. The molecule has 0 aliphatic carbocycles. The molecule has 3 rings (SSSR count). The normalized spacial score (nSPS) is 20.4. The summed E-state index contributed by atoms with van der Waals surface area (Å²) in [6.45, 7) is 2.94. The van der Waals surface area contributed by atoms with Crippen molar-refractivity contribution in [3.8, 4) is 0 Å². The van der Waals surface area contributed by atoms with Crippen LogP contribution in [-0.2, 0) is 20.2 Å². The zero-order valence-electron chi connectivity index (χ0n) is 11.6. The van der Waals surface area contributed by atoms with E-state index in [2.05, 4.69) is 25.5 Å². The minimum Gasteiger partial charge on any atom is -0.388 e. The molecule has 3 heterocycles. The molecule has 0 saturated carbocycles. The Morgan fingerprint density at radius 2 is 2.35 bits per heavy atom. The van der Waals surface area contributed by atoms with Gasteiger partial charge in [0, 0.05) is 31.4 Å². The van der Waals surface area contributed by atoms with Crippen molar-refractivity contribution in [3.05, 3.63) is 28.2 Å². The van der Waals surface area contributed by atoms with E-state index in [1.54, 1.807) is 11.3 Å². The highest BCUT2D eigenvalue weighted by Crippen LogP contribution is 2.26. The average molecular weight is 293 g/mol. The molecular formula is C13H19N5OS. The highest BCUT2D eigenvalue weighted by atomic mass is 32.1. The molecule has 0 bridgehead atoms. The SMILES string of the molecule is Cn1c(CO)nnc1C1CCCN(Cc2cscn2)C1. The maximum absolute atomic E-state index is 9.21. The van der Waals surface area contributed by atoms with Gasteiger partial charge < -0.3 is 9.67 Å². The third-order valence-corrected chi connectivity index (χ3v) is 4.52. The van der Waals surface area contributed by atoms with E-state index in [0.29, 0.717) is 11.7 Å². The van der Waals surface area contributed by atoms with E-state index >= 15 is 0 Å². The standard InChI is InChI=1S/C13H19N5OS/c1-17-12(7-19)15-16-13(17)10-3-2-4-18(5-10)6-11-8-20-9-14-11/h8-10,19H,2-7H2,1H3. The van der Waals surface area contributed by atoms with E-state index < -0.39 is 0 Å². The third kappa shape index (κ3) is 2.74. The van der Waals surface area contributed by atoms with Gasteiger partial charge in [-0.25, -0.2) is 4.98 Å². The fraction of sp³-hybridized carbons (Fsp3) is 0.615. The first-order chi connectivity index (χ1) is 9.78. The highest BCUT2D eigenvalue weighted by Gasteiger charge is 2.26. The lowest BCUT2D eigenvalue weighted by Crippen LogP contribution is -2.35. The summed E-state index contributed by atoms with van der Waals surface area (Å²) in [5.74, 6) is 2.01. The Morgan fingerprint density at radius 3 is 3.05 bits per heavy atom. The first-order valence-electron chi connectivity index (χ1n) is 6.86. The van der Waals surface area contributed by atoms with Crippen LogP contribution in [0.4, 0.5) is 0 Å². The van der Waals surface area contributed by atoms with Crippen LogP contribution in [0, 0.1) is 0 Å². The van der Waals surface area contributed by atoms with Crippen LogP contribution < -0.4 is 0 Å². The number of rotatable bonds is 4. The van der Waals surface area contributed by atoms with E-state index in [9.17, 15) is 5.11 Å². The molecular weight excluding hydrogens is 274 g/mol. The summed E-state index contributed by atoms with van der Waals surface area (Å²) in [5, 5.41) is 19.6. The van der Waals surface area contributed by atoms with E-state index in [1.807, 2.05) is 17.1 Å². The fourth-order valence-electron chi connectivity index (χ4n) is 2.82. The van der Waals surface area contributed by atoms with Gasteiger partial charge in [0.05, 0.1) is 11.2 Å². The minimum atomic E-state index is -0.0568. The van der Waals surface area contributed by atoms with E-state index in [0.717, 1.165) is 44.0 Å². The van der Waals surface area contributed by atoms with Gasteiger partial charge in [0.15, 0.2) is 5.82 Å². The number of aromatic nitrogens is 4. The van der Waals surface area contributed by atoms with Gasteiger partial charge in [-0.2, -0.15) is 0 Å². The smallest absolute Gasteiger partial charge is 0.158 e. The molecule has 1 aliphatic rings. The van der Waals surface area contributed by atoms with Crippen LogP contribution in [0.15, 0.2) is 10.9 Å². The topological polar surface area (TPSA) is 67.1 Å². The molecule has 1 N–H and O–H groups in total. The van der Waals surface area contributed by atoms with Crippen molar-refractivity contribution in [2.75, 3.05) is 13.1 Å². The van der Waals surface area contributed by atoms with Gasteiger partial charge in [-0.3, -0.25) is 4.90 Å². The van der Waals surface area contributed by atoms with Gasteiger partial charge in [-0.1, -0.05) is 0 Å². The second-order valence-corrected chi connectivity index (χ2v) is 5.96.